The molecule has 172 valence electrons. The van der Waals surface area contributed by atoms with E-state index in [1.807, 2.05) is 42.2 Å². The predicted octanol–water partition coefficient (Wildman–Crippen LogP) is 4.30. The lowest BCUT2D eigenvalue weighted by Crippen LogP contribution is -2.49. The van der Waals surface area contributed by atoms with Crippen molar-refractivity contribution in [1.82, 2.24) is 9.80 Å². The molecule has 1 atom stereocenters. The highest BCUT2D eigenvalue weighted by molar-refractivity contribution is 5.78. The number of likely N-dealkylation sites (tertiary alicyclic amines) is 2. The van der Waals surface area contributed by atoms with Crippen LogP contribution in [-0.2, 0) is 22.6 Å². The predicted molar refractivity (Wildman–Crippen MR) is 127 cm³/mol. The summed E-state index contributed by atoms with van der Waals surface area (Å²) < 4.78 is 11.5. The van der Waals surface area contributed by atoms with Gasteiger partial charge in [0.1, 0.15) is 5.75 Å². The van der Waals surface area contributed by atoms with Crippen molar-refractivity contribution in [2.45, 2.75) is 57.7 Å². The molecule has 0 aliphatic carbocycles. The second-order valence-corrected chi connectivity index (χ2v) is 8.90. The molecule has 4 rings (SSSR count). The number of carbonyl (C=O) groups excluding carboxylic acids is 1. The van der Waals surface area contributed by atoms with Gasteiger partial charge in [0.2, 0.25) is 5.91 Å². The van der Waals surface area contributed by atoms with E-state index in [9.17, 15) is 4.79 Å². The highest BCUT2D eigenvalue weighted by Crippen LogP contribution is 2.27. The standard InChI is InChI=1S/C27H36N2O3/c1-2-32-26-12-10-22(11-13-26)19-27(30)28-17-14-24(15-18-28)29-16-6-9-25(29)21-31-20-23-7-4-3-5-8-23/h3-5,7-8,10-13,24-25H,2,6,9,14-21H2,1H3/t25-/m0/s1. The van der Waals surface area contributed by atoms with Gasteiger partial charge in [0, 0.05) is 25.2 Å². The monoisotopic (exact) mass is 436 g/mol. The SMILES string of the molecule is CCOc1ccc(CC(=O)N2CCC(N3CCC[C@H]3COCc3ccccc3)CC2)cc1. The summed E-state index contributed by atoms with van der Waals surface area (Å²) in [4.78, 5) is 17.5. The van der Waals surface area contributed by atoms with Crippen LogP contribution in [0.1, 0.15) is 43.7 Å². The summed E-state index contributed by atoms with van der Waals surface area (Å²) >= 11 is 0. The smallest absolute Gasteiger partial charge is 0.226 e. The second kappa shape index (κ2) is 11.5. The number of benzene rings is 2. The molecule has 0 N–H and O–H groups in total. The zero-order chi connectivity index (χ0) is 22.2. The molecule has 1 amide bonds. The molecule has 2 heterocycles. The van der Waals surface area contributed by atoms with Gasteiger partial charge >= 0.3 is 0 Å². The Morgan fingerprint density at radius 3 is 2.41 bits per heavy atom. The maximum Gasteiger partial charge on any atom is 0.226 e. The molecule has 0 saturated carbocycles. The number of carbonyl (C=O) groups is 1. The van der Waals surface area contributed by atoms with Crippen LogP contribution in [0.2, 0.25) is 0 Å². The van der Waals surface area contributed by atoms with Crippen molar-refractivity contribution in [2.24, 2.45) is 0 Å². The Morgan fingerprint density at radius 1 is 0.938 bits per heavy atom. The Balaban J connectivity index is 1.21. The highest BCUT2D eigenvalue weighted by atomic mass is 16.5. The summed E-state index contributed by atoms with van der Waals surface area (Å²) in [5.41, 5.74) is 2.28. The molecule has 2 saturated heterocycles. The van der Waals surface area contributed by atoms with Crippen LogP contribution < -0.4 is 4.74 Å². The van der Waals surface area contributed by atoms with Crippen LogP contribution in [0.4, 0.5) is 0 Å². The largest absolute Gasteiger partial charge is 0.494 e. The molecular formula is C27H36N2O3. The molecular weight excluding hydrogens is 400 g/mol. The number of hydrogen-bond donors (Lipinski definition) is 0. The fourth-order valence-electron chi connectivity index (χ4n) is 5.01. The van der Waals surface area contributed by atoms with E-state index in [1.54, 1.807) is 0 Å². The Labute approximate surface area is 192 Å². The molecule has 5 heteroatoms. The molecule has 0 aromatic heterocycles. The quantitative estimate of drug-likeness (QED) is 0.588. The van der Waals surface area contributed by atoms with Crippen LogP contribution in [0.25, 0.3) is 0 Å². The van der Waals surface area contributed by atoms with E-state index in [0.29, 0.717) is 31.7 Å². The average molecular weight is 437 g/mol. The van der Waals surface area contributed by atoms with E-state index in [2.05, 4.69) is 29.2 Å². The summed E-state index contributed by atoms with van der Waals surface area (Å²) in [5.74, 6) is 1.09. The number of ether oxygens (including phenoxy) is 2. The van der Waals surface area contributed by atoms with Crippen LogP contribution in [0.15, 0.2) is 54.6 Å². The molecule has 0 spiro atoms. The maximum absolute atomic E-state index is 12.8. The summed E-state index contributed by atoms with van der Waals surface area (Å²) in [7, 11) is 0. The zero-order valence-corrected chi connectivity index (χ0v) is 19.2. The van der Waals surface area contributed by atoms with Crippen molar-refractivity contribution in [3.8, 4) is 5.75 Å². The Hall–Kier alpha value is -2.37. The van der Waals surface area contributed by atoms with E-state index in [0.717, 1.165) is 50.4 Å². The molecule has 0 bridgehead atoms. The first-order chi connectivity index (χ1) is 15.7. The Morgan fingerprint density at radius 2 is 1.69 bits per heavy atom. The van der Waals surface area contributed by atoms with Crippen LogP contribution in [0, 0.1) is 0 Å². The Kier molecular flexibility index (Phi) is 8.18. The van der Waals surface area contributed by atoms with Gasteiger partial charge in [0.15, 0.2) is 0 Å². The number of rotatable bonds is 9. The minimum atomic E-state index is 0.233. The van der Waals surface area contributed by atoms with Gasteiger partial charge in [0.05, 0.1) is 26.2 Å². The fourth-order valence-corrected chi connectivity index (χ4v) is 5.01. The van der Waals surface area contributed by atoms with E-state index < -0.39 is 0 Å². The summed E-state index contributed by atoms with van der Waals surface area (Å²) in [6.45, 7) is 6.98. The van der Waals surface area contributed by atoms with Gasteiger partial charge in [-0.15, -0.1) is 0 Å². The third-order valence-corrected chi connectivity index (χ3v) is 6.72. The van der Waals surface area contributed by atoms with Crippen molar-refractivity contribution >= 4 is 5.91 Å². The molecule has 0 unspecified atom stereocenters. The summed E-state index contributed by atoms with van der Waals surface area (Å²) in [6, 6.07) is 19.4. The van der Waals surface area contributed by atoms with Crippen molar-refractivity contribution < 1.29 is 14.3 Å². The molecule has 2 fully saturated rings. The third-order valence-electron chi connectivity index (χ3n) is 6.72. The summed E-state index contributed by atoms with van der Waals surface area (Å²) in [6.07, 6.45) is 5.05. The van der Waals surface area contributed by atoms with Crippen molar-refractivity contribution in [2.75, 3.05) is 32.8 Å². The van der Waals surface area contributed by atoms with Gasteiger partial charge in [-0.25, -0.2) is 0 Å². The average Bonchev–Trinajstić information content (AvgIpc) is 3.30. The van der Waals surface area contributed by atoms with Gasteiger partial charge in [-0.2, -0.15) is 0 Å². The highest BCUT2D eigenvalue weighted by Gasteiger charge is 2.33. The van der Waals surface area contributed by atoms with Crippen molar-refractivity contribution in [3.05, 3.63) is 65.7 Å². The first-order valence-electron chi connectivity index (χ1n) is 12.1. The molecule has 32 heavy (non-hydrogen) atoms. The zero-order valence-electron chi connectivity index (χ0n) is 19.2. The van der Waals surface area contributed by atoms with E-state index in [4.69, 9.17) is 9.47 Å². The van der Waals surface area contributed by atoms with Crippen LogP contribution in [0.3, 0.4) is 0 Å². The lowest BCUT2D eigenvalue weighted by Gasteiger charge is -2.39. The second-order valence-electron chi connectivity index (χ2n) is 8.90. The van der Waals surface area contributed by atoms with E-state index >= 15 is 0 Å². The van der Waals surface area contributed by atoms with Crippen molar-refractivity contribution in [1.29, 1.82) is 0 Å². The lowest BCUT2D eigenvalue weighted by molar-refractivity contribution is -0.132. The van der Waals surface area contributed by atoms with E-state index in [-0.39, 0.29) is 5.91 Å². The minimum absolute atomic E-state index is 0.233. The topological polar surface area (TPSA) is 42.0 Å². The van der Waals surface area contributed by atoms with Crippen LogP contribution in [0.5, 0.6) is 5.75 Å². The normalized spacial score (nSPS) is 19.9. The van der Waals surface area contributed by atoms with Gasteiger partial charge in [0.25, 0.3) is 0 Å². The van der Waals surface area contributed by atoms with Gasteiger partial charge < -0.3 is 14.4 Å². The lowest BCUT2D eigenvalue weighted by atomic mass is 10.0. The number of piperidine rings is 1. The number of hydrogen-bond acceptors (Lipinski definition) is 4. The van der Waals surface area contributed by atoms with Crippen LogP contribution >= 0.6 is 0 Å². The molecule has 2 aliphatic rings. The molecule has 5 nitrogen and oxygen atoms in total. The van der Waals surface area contributed by atoms with Gasteiger partial charge in [-0.3, -0.25) is 9.69 Å². The fraction of sp³-hybridized carbons (Fsp3) is 0.519. The number of amides is 1. The van der Waals surface area contributed by atoms with Crippen LogP contribution in [-0.4, -0.2) is 60.6 Å². The van der Waals surface area contributed by atoms with E-state index in [1.165, 1.54) is 18.4 Å². The molecule has 0 radical (unpaired) electrons. The Bertz CT molecular complexity index is 832. The first kappa shape index (κ1) is 22.8. The summed E-state index contributed by atoms with van der Waals surface area (Å²) in [5, 5.41) is 0. The third kappa shape index (κ3) is 6.11. The molecule has 2 aromatic carbocycles. The van der Waals surface area contributed by atoms with Crippen molar-refractivity contribution in [3.63, 3.8) is 0 Å². The maximum atomic E-state index is 12.8. The molecule has 2 aliphatic heterocycles. The first-order valence-corrected chi connectivity index (χ1v) is 12.1. The minimum Gasteiger partial charge on any atom is -0.494 e. The molecule has 2 aromatic rings. The van der Waals surface area contributed by atoms with Gasteiger partial charge in [-0.1, -0.05) is 42.5 Å². The number of nitrogens with zero attached hydrogens (tertiary/aromatic N) is 2. The van der Waals surface area contributed by atoms with Gasteiger partial charge in [-0.05, 0) is 62.4 Å².